The molecule has 3 aromatic rings. The zero-order chi connectivity index (χ0) is 30.7. The summed E-state index contributed by atoms with van der Waals surface area (Å²) >= 11 is 0. The Morgan fingerprint density at radius 2 is 2.00 bits per heavy atom. The SMILES string of the molecule is CCOC(=O)[C@H](C)NP(=O)(OCC1O[C@@H](n2ccc(=O)[nH]c2=O)[C@](C)(F)[C@@H]1O)Oc1ccc(-c2ncccc2F)cc1. The molecule has 0 radical (unpaired) electrons. The normalized spacial score (nSPS) is 24.1. The van der Waals surface area contributed by atoms with Gasteiger partial charge in [-0.15, -0.1) is 0 Å². The van der Waals surface area contributed by atoms with E-state index >= 15 is 4.39 Å². The summed E-state index contributed by atoms with van der Waals surface area (Å²) in [6, 6.07) is 8.14. The van der Waals surface area contributed by atoms with Gasteiger partial charge in [0.05, 0.1) is 13.2 Å². The van der Waals surface area contributed by atoms with E-state index in [0.29, 0.717) is 5.56 Å². The van der Waals surface area contributed by atoms with Crippen LogP contribution in [0.5, 0.6) is 5.75 Å². The highest BCUT2D eigenvalue weighted by Crippen LogP contribution is 2.47. The van der Waals surface area contributed by atoms with Crippen molar-refractivity contribution >= 4 is 13.7 Å². The molecule has 226 valence electrons. The standard InChI is InChI=1S/C26H29F2N4O9P/c1-4-38-23(35)15(2)31-42(37,41-17-9-7-16(8-10-17)21-18(27)6-5-12-29-21)39-14-19-22(34)26(3,28)24(40-19)32-13-11-20(33)30-25(32)36/h5-13,15,19,22,24,34H,4,14H2,1-3H3,(H,31,37)(H,30,33,36)/t15-,19?,22+,24+,26+,42?/m0/s1. The van der Waals surface area contributed by atoms with E-state index in [4.69, 9.17) is 18.5 Å². The van der Waals surface area contributed by atoms with Gasteiger partial charge in [0.25, 0.3) is 5.56 Å². The molecule has 0 aliphatic carbocycles. The number of rotatable bonds is 11. The van der Waals surface area contributed by atoms with Crippen molar-refractivity contribution in [2.75, 3.05) is 13.2 Å². The van der Waals surface area contributed by atoms with E-state index in [1.54, 1.807) is 6.92 Å². The minimum Gasteiger partial charge on any atom is -0.465 e. The molecule has 0 bridgehead atoms. The third-order valence-corrected chi connectivity index (χ3v) is 7.98. The smallest absolute Gasteiger partial charge is 0.459 e. The number of aliphatic hydroxyl groups is 1. The van der Waals surface area contributed by atoms with E-state index in [9.17, 15) is 28.4 Å². The van der Waals surface area contributed by atoms with Gasteiger partial charge < -0.3 is 19.1 Å². The average Bonchev–Trinajstić information content (AvgIpc) is 3.16. The topological polar surface area (TPSA) is 171 Å². The molecule has 2 aromatic heterocycles. The summed E-state index contributed by atoms with van der Waals surface area (Å²) in [5.74, 6) is -1.33. The van der Waals surface area contributed by atoms with E-state index in [-0.39, 0.29) is 18.1 Å². The van der Waals surface area contributed by atoms with Crippen LogP contribution in [0.1, 0.15) is 27.0 Å². The molecule has 42 heavy (non-hydrogen) atoms. The Balaban J connectivity index is 1.55. The molecule has 3 heterocycles. The number of alkyl halides is 1. The zero-order valence-electron chi connectivity index (χ0n) is 22.7. The second kappa shape index (κ2) is 12.6. The van der Waals surface area contributed by atoms with Gasteiger partial charge in [0.1, 0.15) is 35.5 Å². The predicted octanol–water partition coefficient (Wildman–Crippen LogP) is 2.47. The van der Waals surface area contributed by atoms with Gasteiger partial charge in [0, 0.05) is 24.0 Å². The van der Waals surface area contributed by atoms with Crippen LogP contribution in [0.25, 0.3) is 11.3 Å². The molecule has 2 unspecified atom stereocenters. The number of aliphatic hydroxyl groups excluding tert-OH is 1. The van der Waals surface area contributed by atoms with Crippen LogP contribution in [0, 0.1) is 5.82 Å². The van der Waals surface area contributed by atoms with Crippen molar-refractivity contribution in [3.8, 4) is 17.0 Å². The highest BCUT2D eigenvalue weighted by atomic mass is 31.2. The number of hydrogen-bond donors (Lipinski definition) is 3. The van der Waals surface area contributed by atoms with Crippen molar-refractivity contribution in [2.45, 2.75) is 50.9 Å². The first-order chi connectivity index (χ1) is 19.8. The van der Waals surface area contributed by atoms with Gasteiger partial charge in [-0.25, -0.2) is 18.1 Å². The van der Waals surface area contributed by atoms with Crippen LogP contribution in [-0.4, -0.2) is 62.7 Å². The molecule has 1 aliphatic heterocycles. The Hall–Kier alpha value is -3.75. The number of carbonyl (C=O) groups is 1. The minimum atomic E-state index is -4.47. The third kappa shape index (κ3) is 6.82. The first-order valence-corrected chi connectivity index (χ1v) is 14.3. The fourth-order valence-corrected chi connectivity index (χ4v) is 5.69. The summed E-state index contributed by atoms with van der Waals surface area (Å²) < 4.78 is 65.8. The number of nitrogens with zero attached hydrogens (tertiary/aromatic N) is 2. The number of halogens is 2. The number of ether oxygens (including phenoxy) is 2. The van der Waals surface area contributed by atoms with Crippen molar-refractivity contribution < 1.29 is 41.8 Å². The Labute approximate surface area is 238 Å². The van der Waals surface area contributed by atoms with Crippen molar-refractivity contribution in [3.05, 3.63) is 81.5 Å². The van der Waals surface area contributed by atoms with Gasteiger partial charge in [-0.1, -0.05) is 0 Å². The van der Waals surface area contributed by atoms with E-state index < -0.39 is 67.5 Å². The van der Waals surface area contributed by atoms with E-state index in [1.807, 2.05) is 4.98 Å². The lowest BCUT2D eigenvalue weighted by Gasteiger charge is -2.25. The molecule has 3 N–H and O–H groups in total. The molecular formula is C26H29F2N4O9P. The summed E-state index contributed by atoms with van der Waals surface area (Å²) in [7, 11) is -4.47. The molecule has 0 amide bonds. The van der Waals surface area contributed by atoms with Crippen molar-refractivity contribution in [1.82, 2.24) is 19.6 Å². The maximum Gasteiger partial charge on any atom is 0.459 e. The van der Waals surface area contributed by atoms with Crippen LogP contribution in [0.2, 0.25) is 0 Å². The number of aromatic amines is 1. The maximum absolute atomic E-state index is 15.6. The fourth-order valence-electron chi connectivity index (χ4n) is 4.19. The Morgan fingerprint density at radius 1 is 1.29 bits per heavy atom. The fraction of sp³-hybridized carbons (Fsp3) is 0.385. The maximum atomic E-state index is 15.6. The largest absolute Gasteiger partial charge is 0.465 e. The number of benzene rings is 1. The second-order valence-electron chi connectivity index (χ2n) is 9.49. The molecule has 13 nitrogen and oxygen atoms in total. The third-order valence-electron chi connectivity index (χ3n) is 6.33. The van der Waals surface area contributed by atoms with Crippen molar-refractivity contribution in [2.24, 2.45) is 0 Å². The lowest BCUT2D eigenvalue weighted by atomic mass is 9.98. The van der Waals surface area contributed by atoms with Gasteiger partial charge in [-0.3, -0.25) is 28.6 Å². The number of H-pyrrole nitrogens is 1. The number of aromatic nitrogens is 3. The quantitative estimate of drug-likeness (QED) is 0.215. The number of pyridine rings is 1. The minimum absolute atomic E-state index is 0.0112. The number of carbonyl (C=O) groups excluding carboxylic acids is 1. The Kier molecular flexibility index (Phi) is 9.38. The van der Waals surface area contributed by atoms with E-state index in [1.165, 1.54) is 49.5 Å². The predicted molar refractivity (Wildman–Crippen MR) is 144 cm³/mol. The summed E-state index contributed by atoms with van der Waals surface area (Å²) in [6.07, 6.45) is -2.57. The highest BCUT2D eigenvalue weighted by Gasteiger charge is 2.56. The Bertz CT molecular complexity index is 1580. The van der Waals surface area contributed by atoms with Crippen LogP contribution >= 0.6 is 7.75 Å². The zero-order valence-corrected chi connectivity index (χ0v) is 23.6. The molecule has 6 atom stereocenters. The molecule has 0 saturated carbocycles. The number of esters is 1. The number of hydrogen-bond acceptors (Lipinski definition) is 10. The first-order valence-electron chi connectivity index (χ1n) is 12.8. The van der Waals surface area contributed by atoms with Crippen LogP contribution in [0.4, 0.5) is 8.78 Å². The molecule has 4 rings (SSSR count). The molecule has 1 fully saturated rings. The van der Waals surface area contributed by atoms with Gasteiger partial charge >= 0.3 is 19.4 Å². The molecular weight excluding hydrogens is 581 g/mol. The van der Waals surface area contributed by atoms with Crippen LogP contribution in [0.15, 0.2) is 64.4 Å². The van der Waals surface area contributed by atoms with E-state index in [0.717, 1.165) is 23.8 Å². The van der Waals surface area contributed by atoms with Crippen LogP contribution in [0.3, 0.4) is 0 Å². The molecule has 1 saturated heterocycles. The summed E-state index contributed by atoms with van der Waals surface area (Å²) in [6.45, 7) is 3.25. The summed E-state index contributed by atoms with van der Waals surface area (Å²) in [5, 5.41) is 13.1. The monoisotopic (exact) mass is 610 g/mol. The van der Waals surface area contributed by atoms with Gasteiger partial charge in [0.15, 0.2) is 11.9 Å². The van der Waals surface area contributed by atoms with E-state index in [2.05, 4.69) is 10.1 Å². The molecule has 16 heteroatoms. The first kappa shape index (κ1) is 31.2. The average molecular weight is 611 g/mol. The molecule has 0 spiro atoms. The van der Waals surface area contributed by atoms with Crippen molar-refractivity contribution in [1.29, 1.82) is 0 Å². The number of nitrogens with one attached hydrogen (secondary N) is 2. The second-order valence-corrected chi connectivity index (χ2v) is 11.2. The van der Waals surface area contributed by atoms with Gasteiger partial charge in [0.2, 0.25) is 0 Å². The lowest BCUT2D eigenvalue weighted by molar-refractivity contribution is -0.144. The summed E-state index contributed by atoms with van der Waals surface area (Å²) in [5.41, 5.74) is -3.75. The van der Waals surface area contributed by atoms with Gasteiger partial charge in [-0.2, -0.15) is 5.09 Å². The summed E-state index contributed by atoms with van der Waals surface area (Å²) in [4.78, 5) is 41.8. The van der Waals surface area contributed by atoms with Crippen LogP contribution in [-0.2, 0) is 23.4 Å². The van der Waals surface area contributed by atoms with Crippen LogP contribution < -0.4 is 20.9 Å². The molecule has 1 aliphatic rings. The molecule has 1 aromatic carbocycles. The highest BCUT2D eigenvalue weighted by molar-refractivity contribution is 7.52. The van der Waals surface area contributed by atoms with Gasteiger partial charge in [-0.05, 0) is 57.2 Å². The Morgan fingerprint density at radius 3 is 2.64 bits per heavy atom. The lowest BCUT2D eigenvalue weighted by Crippen LogP contribution is -2.43. The van der Waals surface area contributed by atoms with Crippen molar-refractivity contribution in [3.63, 3.8) is 0 Å².